The van der Waals surface area contributed by atoms with Crippen LogP contribution in [-0.2, 0) is 14.3 Å². The first-order valence-electron chi connectivity index (χ1n) is 11.3. The number of hydrogen-bond donors (Lipinski definition) is 2. The summed E-state index contributed by atoms with van der Waals surface area (Å²) in [5.41, 5.74) is 2.00. The summed E-state index contributed by atoms with van der Waals surface area (Å²) in [5.74, 6) is 1.67. The number of terminal acetylenes is 1. The quantitative estimate of drug-likeness (QED) is 0.432. The summed E-state index contributed by atoms with van der Waals surface area (Å²) in [5, 5.41) is 5.47. The molecule has 35 heavy (non-hydrogen) atoms. The summed E-state index contributed by atoms with van der Waals surface area (Å²) < 4.78 is 5.27. The Balaban J connectivity index is 2.42. The molecule has 0 aliphatic carbocycles. The number of carbonyl (C=O) groups is 3. The fourth-order valence-electron chi connectivity index (χ4n) is 3.41. The molecule has 0 saturated heterocycles. The lowest BCUT2D eigenvalue weighted by molar-refractivity contribution is -0.139. The second kappa shape index (κ2) is 11.9. The highest BCUT2D eigenvalue weighted by atomic mass is 16.6. The van der Waals surface area contributed by atoms with E-state index in [0.29, 0.717) is 16.8 Å². The molecule has 2 aromatic carbocycles. The van der Waals surface area contributed by atoms with Crippen molar-refractivity contribution in [3.63, 3.8) is 0 Å². The first-order chi connectivity index (χ1) is 16.5. The molecule has 184 valence electrons. The highest BCUT2D eigenvalue weighted by molar-refractivity contribution is 5.99. The van der Waals surface area contributed by atoms with Crippen molar-refractivity contribution in [2.75, 3.05) is 11.9 Å². The van der Waals surface area contributed by atoms with Crippen LogP contribution in [0.25, 0.3) is 0 Å². The molecule has 7 heteroatoms. The number of alkyl carbamates (subject to hydrolysis) is 1. The fraction of sp³-hybridized carbons (Fsp3) is 0.321. The third kappa shape index (κ3) is 7.75. The third-order valence-electron chi connectivity index (χ3n) is 5.07. The maximum atomic E-state index is 13.6. The van der Waals surface area contributed by atoms with Crippen LogP contribution in [0.4, 0.5) is 10.5 Å². The SMILES string of the molecule is C#Cc1ccc(C(C(=O)Nc2ccccc2C)N(CC=C)C(=O)C(C)NC(=O)OC(C)(C)C)cc1. The second-order valence-corrected chi connectivity index (χ2v) is 9.12. The zero-order valence-electron chi connectivity index (χ0n) is 20.9. The molecule has 2 rings (SSSR count). The molecule has 0 bridgehead atoms. The van der Waals surface area contributed by atoms with Crippen molar-refractivity contribution < 1.29 is 19.1 Å². The number of carbonyl (C=O) groups excluding carboxylic acids is 3. The number of rotatable bonds is 8. The highest BCUT2D eigenvalue weighted by Gasteiger charge is 2.34. The Hall–Kier alpha value is -4.05. The highest BCUT2D eigenvalue weighted by Crippen LogP contribution is 2.25. The van der Waals surface area contributed by atoms with Crippen molar-refractivity contribution >= 4 is 23.6 Å². The van der Waals surface area contributed by atoms with Crippen LogP contribution in [0.15, 0.2) is 61.2 Å². The van der Waals surface area contributed by atoms with Crippen LogP contribution >= 0.6 is 0 Å². The molecular formula is C28H33N3O4. The molecule has 2 aromatic rings. The monoisotopic (exact) mass is 475 g/mol. The first kappa shape index (κ1) is 27.2. The van der Waals surface area contributed by atoms with Gasteiger partial charge in [0, 0.05) is 17.8 Å². The molecule has 0 saturated carbocycles. The Bertz CT molecular complexity index is 1110. The van der Waals surface area contributed by atoms with Gasteiger partial charge in [-0.2, -0.15) is 0 Å². The third-order valence-corrected chi connectivity index (χ3v) is 5.07. The van der Waals surface area contributed by atoms with Gasteiger partial charge in [-0.15, -0.1) is 13.0 Å². The van der Waals surface area contributed by atoms with Gasteiger partial charge in [0.15, 0.2) is 0 Å². The predicted octanol–water partition coefficient (Wildman–Crippen LogP) is 4.58. The molecule has 2 N–H and O–H groups in total. The van der Waals surface area contributed by atoms with Gasteiger partial charge in [-0.05, 0) is 63.9 Å². The summed E-state index contributed by atoms with van der Waals surface area (Å²) in [6.07, 6.45) is 6.28. The number of hydrogen-bond acceptors (Lipinski definition) is 4. The summed E-state index contributed by atoms with van der Waals surface area (Å²) in [7, 11) is 0. The van der Waals surface area contributed by atoms with Crippen LogP contribution in [-0.4, -0.2) is 41.0 Å². The van der Waals surface area contributed by atoms with Crippen LogP contribution < -0.4 is 10.6 Å². The lowest BCUT2D eigenvalue weighted by atomic mass is 10.0. The van der Waals surface area contributed by atoms with E-state index < -0.39 is 35.6 Å². The van der Waals surface area contributed by atoms with Crippen molar-refractivity contribution in [2.45, 2.75) is 52.3 Å². The zero-order valence-corrected chi connectivity index (χ0v) is 20.9. The molecule has 0 radical (unpaired) electrons. The van der Waals surface area contributed by atoms with Crippen molar-refractivity contribution in [1.29, 1.82) is 0 Å². The molecule has 2 unspecified atom stereocenters. The van der Waals surface area contributed by atoms with Gasteiger partial charge in [0.25, 0.3) is 5.91 Å². The molecule has 2 atom stereocenters. The minimum absolute atomic E-state index is 0.0713. The van der Waals surface area contributed by atoms with E-state index in [1.165, 1.54) is 11.0 Å². The van der Waals surface area contributed by atoms with Crippen molar-refractivity contribution in [1.82, 2.24) is 10.2 Å². The van der Waals surface area contributed by atoms with E-state index in [4.69, 9.17) is 11.2 Å². The number of para-hydroxylation sites is 1. The number of anilines is 1. The van der Waals surface area contributed by atoms with E-state index in [-0.39, 0.29) is 6.54 Å². The van der Waals surface area contributed by atoms with E-state index in [9.17, 15) is 14.4 Å². The first-order valence-corrected chi connectivity index (χ1v) is 11.3. The average Bonchev–Trinajstić information content (AvgIpc) is 2.79. The second-order valence-electron chi connectivity index (χ2n) is 9.12. The lowest BCUT2D eigenvalue weighted by Gasteiger charge is -2.33. The molecule has 7 nitrogen and oxygen atoms in total. The number of nitrogens with one attached hydrogen (secondary N) is 2. The van der Waals surface area contributed by atoms with Crippen LogP contribution in [0.1, 0.15) is 50.4 Å². The normalized spacial score (nSPS) is 12.5. The summed E-state index contributed by atoms with van der Waals surface area (Å²) in [6.45, 7) is 12.4. The van der Waals surface area contributed by atoms with Gasteiger partial charge in [0.05, 0.1) is 0 Å². The Morgan fingerprint density at radius 3 is 2.31 bits per heavy atom. The van der Waals surface area contributed by atoms with Crippen molar-refractivity contribution in [3.8, 4) is 12.3 Å². The van der Waals surface area contributed by atoms with E-state index in [1.807, 2.05) is 25.1 Å². The molecular weight excluding hydrogens is 442 g/mol. The Morgan fingerprint density at radius 2 is 1.77 bits per heavy atom. The minimum atomic E-state index is -1.00. The molecule has 0 spiro atoms. The van der Waals surface area contributed by atoms with Gasteiger partial charge in [0.2, 0.25) is 5.91 Å². The number of nitrogens with zero attached hydrogens (tertiary/aromatic N) is 1. The van der Waals surface area contributed by atoms with Crippen molar-refractivity contribution in [2.24, 2.45) is 0 Å². The predicted molar refractivity (Wildman–Crippen MR) is 138 cm³/mol. The topological polar surface area (TPSA) is 87.7 Å². The number of benzene rings is 2. The molecule has 0 aliphatic rings. The molecule has 0 aliphatic heterocycles. The Kier molecular flexibility index (Phi) is 9.24. The van der Waals surface area contributed by atoms with E-state index >= 15 is 0 Å². The smallest absolute Gasteiger partial charge is 0.408 e. The number of aryl methyl sites for hydroxylation is 1. The fourth-order valence-corrected chi connectivity index (χ4v) is 3.41. The van der Waals surface area contributed by atoms with Crippen molar-refractivity contribution in [3.05, 3.63) is 77.9 Å². The lowest BCUT2D eigenvalue weighted by Crippen LogP contribution is -2.51. The Morgan fingerprint density at radius 1 is 1.14 bits per heavy atom. The van der Waals surface area contributed by atoms with Gasteiger partial charge >= 0.3 is 6.09 Å². The van der Waals surface area contributed by atoms with Gasteiger partial charge < -0.3 is 20.3 Å². The summed E-state index contributed by atoms with van der Waals surface area (Å²) in [6, 6.07) is 12.3. The molecule has 0 heterocycles. The van der Waals surface area contributed by atoms with Gasteiger partial charge in [-0.1, -0.05) is 42.3 Å². The largest absolute Gasteiger partial charge is 0.444 e. The molecule has 0 fully saturated rings. The maximum absolute atomic E-state index is 13.6. The molecule has 3 amide bonds. The van der Waals surface area contributed by atoms with Gasteiger partial charge in [0.1, 0.15) is 17.7 Å². The van der Waals surface area contributed by atoms with E-state index in [1.54, 1.807) is 58.0 Å². The minimum Gasteiger partial charge on any atom is -0.444 e. The zero-order chi connectivity index (χ0) is 26.2. The standard InChI is InChI=1S/C28H33N3O4/c1-8-18-31(26(33)20(4)29-27(34)35-28(5,6)7)24(22-16-14-21(9-2)15-17-22)25(32)30-23-13-11-10-12-19(23)3/h2,8,10-17,20,24H,1,18H2,3-7H3,(H,29,34)(H,30,32). The summed E-state index contributed by atoms with van der Waals surface area (Å²) in [4.78, 5) is 40.7. The number of amides is 3. The summed E-state index contributed by atoms with van der Waals surface area (Å²) >= 11 is 0. The van der Waals surface area contributed by atoms with Crippen LogP contribution in [0.5, 0.6) is 0 Å². The van der Waals surface area contributed by atoms with Crippen LogP contribution in [0.3, 0.4) is 0 Å². The van der Waals surface area contributed by atoms with Gasteiger partial charge in [-0.3, -0.25) is 9.59 Å². The van der Waals surface area contributed by atoms with E-state index in [2.05, 4.69) is 23.1 Å². The van der Waals surface area contributed by atoms with Crippen LogP contribution in [0, 0.1) is 19.3 Å². The Labute approximate surface area is 207 Å². The van der Waals surface area contributed by atoms with E-state index in [0.717, 1.165) is 5.56 Å². The molecule has 0 aromatic heterocycles. The number of ether oxygens (including phenoxy) is 1. The van der Waals surface area contributed by atoms with Gasteiger partial charge in [-0.25, -0.2) is 4.79 Å². The van der Waals surface area contributed by atoms with Crippen LogP contribution in [0.2, 0.25) is 0 Å². The average molecular weight is 476 g/mol. The maximum Gasteiger partial charge on any atom is 0.408 e.